The van der Waals surface area contributed by atoms with Gasteiger partial charge < -0.3 is 4.98 Å². The number of hydrogen-bond donors (Lipinski definition) is 1. The maximum atomic E-state index is 10.4. The number of hydrogen-bond acceptors (Lipinski definition) is 1. The third-order valence-electron chi connectivity index (χ3n) is 1.58. The van der Waals surface area contributed by atoms with Gasteiger partial charge in [-0.25, -0.2) is 10.1 Å². The molecule has 11 heavy (non-hydrogen) atoms. The topological polar surface area (TPSA) is 48.6 Å². The van der Waals surface area contributed by atoms with E-state index < -0.39 is 0 Å². The van der Waals surface area contributed by atoms with Crippen molar-refractivity contribution in [3.8, 4) is 0 Å². The van der Waals surface area contributed by atoms with E-state index in [2.05, 4.69) is 9.97 Å². The fourth-order valence-electron chi connectivity index (χ4n) is 1.07. The first-order valence-corrected chi connectivity index (χ1v) is 3.42. The van der Waals surface area contributed by atoms with E-state index in [1.165, 1.54) is 0 Å². The van der Waals surface area contributed by atoms with E-state index >= 15 is 0 Å². The van der Waals surface area contributed by atoms with Crippen LogP contribution >= 0.6 is 0 Å². The summed E-state index contributed by atoms with van der Waals surface area (Å²) in [6.07, 6.45) is 0. The lowest BCUT2D eigenvalue weighted by Gasteiger charge is -1.81. The molecule has 1 aromatic carbocycles. The quantitative estimate of drug-likeness (QED) is 0.652. The zero-order valence-corrected chi connectivity index (χ0v) is 5.87. The number of rotatable bonds is 1. The number of nitrogens with one attached hydrogen (secondary N) is 1. The van der Waals surface area contributed by atoms with E-state index in [0.29, 0.717) is 5.82 Å². The molecule has 0 bridgehead atoms. The maximum absolute atomic E-state index is 10.4. The molecule has 3 heteroatoms. The molecule has 0 spiro atoms. The van der Waals surface area contributed by atoms with E-state index in [-0.39, 0.29) is 6.61 Å². The Morgan fingerprint density at radius 2 is 2.18 bits per heavy atom. The van der Waals surface area contributed by atoms with Crippen LogP contribution in [0.4, 0.5) is 0 Å². The number of H-pyrrole nitrogens is 1. The Labute approximate surface area is 63.7 Å². The summed E-state index contributed by atoms with van der Waals surface area (Å²) in [4.78, 5) is 6.98. The number of nitrogens with zero attached hydrogens (tertiary/aromatic N) is 1. The van der Waals surface area contributed by atoms with Crippen molar-refractivity contribution in [3.05, 3.63) is 30.1 Å². The van der Waals surface area contributed by atoms with Crippen LogP contribution in [0.25, 0.3) is 11.0 Å². The minimum Gasteiger partial charge on any atom is -0.340 e. The molecule has 0 fully saturated rings. The highest BCUT2D eigenvalue weighted by atomic mass is 16.3. The first kappa shape index (κ1) is 6.37. The van der Waals surface area contributed by atoms with E-state index in [0.717, 1.165) is 11.0 Å². The zero-order chi connectivity index (χ0) is 7.68. The molecule has 1 aromatic heterocycles. The Morgan fingerprint density at radius 1 is 1.36 bits per heavy atom. The van der Waals surface area contributed by atoms with Crippen molar-refractivity contribution in [2.45, 2.75) is 6.61 Å². The van der Waals surface area contributed by atoms with Crippen molar-refractivity contribution in [1.29, 1.82) is 0 Å². The highest BCUT2D eigenvalue weighted by molar-refractivity contribution is 5.74. The van der Waals surface area contributed by atoms with Crippen molar-refractivity contribution in [1.82, 2.24) is 9.97 Å². The second kappa shape index (κ2) is 2.36. The number of aromatic amines is 1. The average Bonchev–Trinajstić information content (AvgIpc) is 2.46. The van der Waals surface area contributed by atoms with Crippen LogP contribution < -0.4 is 0 Å². The van der Waals surface area contributed by atoms with E-state index in [4.69, 9.17) is 0 Å². The van der Waals surface area contributed by atoms with Crippen LogP contribution in [0.15, 0.2) is 24.3 Å². The molecule has 1 radical (unpaired) electrons. The fourth-order valence-corrected chi connectivity index (χ4v) is 1.07. The number of aromatic nitrogens is 2. The van der Waals surface area contributed by atoms with Crippen LogP contribution in [-0.2, 0) is 11.7 Å². The van der Waals surface area contributed by atoms with Gasteiger partial charge in [0.2, 0.25) is 0 Å². The largest absolute Gasteiger partial charge is 0.340 e. The van der Waals surface area contributed by atoms with Crippen molar-refractivity contribution >= 4 is 11.0 Å². The maximum Gasteiger partial charge on any atom is 0.140 e. The van der Waals surface area contributed by atoms with Crippen molar-refractivity contribution in [2.24, 2.45) is 0 Å². The molecule has 0 saturated carbocycles. The van der Waals surface area contributed by atoms with Crippen LogP contribution in [0.1, 0.15) is 5.82 Å². The van der Waals surface area contributed by atoms with Crippen LogP contribution in [0.2, 0.25) is 0 Å². The smallest absolute Gasteiger partial charge is 0.140 e. The minimum absolute atomic E-state index is 0.283. The number of para-hydroxylation sites is 2. The van der Waals surface area contributed by atoms with Gasteiger partial charge in [0.25, 0.3) is 0 Å². The summed E-state index contributed by atoms with van der Waals surface area (Å²) >= 11 is 0. The Kier molecular flexibility index (Phi) is 1.36. The van der Waals surface area contributed by atoms with Crippen LogP contribution in [0.5, 0.6) is 0 Å². The molecule has 1 N–H and O–H groups in total. The van der Waals surface area contributed by atoms with Crippen molar-refractivity contribution in [3.63, 3.8) is 0 Å². The molecule has 0 unspecified atom stereocenters. The fraction of sp³-hybridized carbons (Fsp3) is 0.125. The lowest BCUT2D eigenvalue weighted by molar-refractivity contribution is 0.171. The Balaban J connectivity index is 2.69. The van der Waals surface area contributed by atoms with Gasteiger partial charge in [0, 0.05) is 0 Å². The zero-order valence-electron chi connectivity index (χ0n) is 5.87. The highest BCUT2D eigenvalue weighted by Crippen LogP contribution is 2.09. The molecular weight excluding hydrogens is 140 g/mol. The standard InChI is InChI=1S/C8H7N2O/c11-5-8-9-6-3-1-2-4-7(6)10-8/h1-4H,5H2,(H,9,10). The first-order valence-electron chi connectivity index (χ1n) is 3.42. The molecule has 2 aromatic rings. The summed E-state index contributed by atoms with van der Waals surface area (Å²) in [6.45, 7) is -0.283. The lowest BCUT2D eigenvalue weighted by Crippen LogP contribution is -1.81. The minimum atomic E-state index is -0.283. The molecule has 0 amide bonds. The number of benzene rings is 1. The van der Waals surface area contributed by atoms with Gasteiger partial charge in [-0.15, -0.1) is 0 Å². The molecule has 0 atom stereocenters. The highest BCUT2D eigenvalue weighted by Gasteiger charge is 1.98. The second-order valence-electron chi connectivity index (χ2n) is 2.34. The third kappa shape index (κ3) is 0.991. The molecule has 1 heterocycles. The van der Waals surface area contributed by atoms with Gasteiger partial charge in [-0.3, -0.25) is 0 Å². The predicted molar refractivity (Wildman–Crippen MR) is 40.5 cm³/mol. The monoisotopic (exact) mass is 147 g/mol. The Morgan fingerprint density at radius 3 is 2.91 bits per heavy atom. The molecule has 0 aliphatic carbocycles. The molecule has 2 rings (SSSR count). The Hall–Kier alpha value is -1.35. The molecule has 55 valence electrons. The molecular formula is C8H7N2O. The van der Waals surface area contributed by atoms with Gasteiger partial charge >= 0.3 is 0 Å². The summed E-state index contributed by atoms with van der Waals surface area (Å²) in [7, 11) is 0. The molecule has 0 aliphatic heterocycles. The van der Waals surface area contributed by atoms with Gasteiger partial charge in [0.05, 0.1) is 11.0 Å². The lowest BCUT2D eigenvalue weighted by atomic mass is 10.3. The number of fused-ring (bicyclic) bond motifs is 1. The van der Waals surface area contributed by atoms with Gasteiger partial charge in [0.1, 0.15) is 12.4 Å². The summed E-state index contributed by atoms with van der Waals surface area (Å²) in [5, 5.41) is 10.4. The second-order valence-corrected chi connectivity index (χ2v) is 2.34. The van der Waals surface area contributed by atoms with E-state index in [9.17, 15) is 5.11 Å². The predicted octanol–water partition coefficient (Wildman–Crippen LogP) is 1.49. The number of imidazole rings is 1. The van der Waals surface area contributed by atoms with Gasteiger partial charge in [0.15, 0.2) is 0 Å². The normalized spacial score (nSPS) is 10.6. The van der Waals surface area contributed by atoms with Gasteiger partial charge in [-0.1, -0.05) is 12.1 Å². The van der Waals surface area contributed by atoms with Crippen LogP contribution in [-0.4, -0.2) is 9.97 Å². The van der Waals surface area contributed by atoms with Crippen molar-refractivity contribution < 1.29 is 5.11 Å². The molecule has 0 aliphatic rings. The van der Waals surface area contributed by atoms with Crippen molar-refractivity contribution in [2.75, 3.05) is 0 Å². The molecule has 0 saturated heterocycles. The summed E-state index contributed by atoms with van der Waals surface area (Å²) in [6, 6.07) is 7.60. The van der Waals surface area contributed by atoms with E-state index in [1.54, 1.807) is 0 Å². The SMILES string of the molecule is [O]Cc1nc2ccccc2[nH]1. The van der Waals surface area contributed by atoms with Gasteiger partial charge in [-0.2, -0.15) is 0 Å². The molecule has 3 nitrogen and oxygen atoms in total. The summed E-state index contributed by atoms with van der Waals surface area (Å²) < 4.78 is 0. The summed E-state index contributed by atoms with van der Waals surface area (Å²) in [5.74, 6) is 0.506. The van der Waals surface area contributed by atoms with Gasteiger partial charge in [-0.05, 0) is 12.1 Å². The third-order valence-corrected chi connectivity index (χ3v) is 1.58. The Bertz CT molecular complexity index is 334. The van der Waals surface area contributed by atoms with Crippen LogP contribution in [0.3, 0.4) is 0 Å². The first-order chi connectivity index (χ1) is 5.40. The van der Waals surface area contributed by atoms with E-state index in [1.807, 2.05) is 24.3 Å². The van der Waals surface area contributed by atoms with Crippen LogP contribution in [0, 0.1) is 0 Å². The average molecular weight is 147 g/mol. The summed E-state index contributed by atoms with van der Waals surface area (Å²) in [5.41, 5.74) is 1.79.